The summed E-state index contributed by atoms with van der Waals surface area (Å²) in [5.41, 5.74) is 0.917. The molecule has 1 aliphatic heterocycles. The van der Waals surface area contributed by atoms with Crippen LogP contribution in [0.3, 0.4) is 0 Å². The van der Waals surface area contributed by atoms with Crippen LogP contribution in [0.25, 0.3) is 0 Å². The van der Waals surface area contributed by atoms with E-state index in [-0.39, 0.29) is 10.6 Å². The normalized spacial score (nSPS) is 16.4. The van der Waals surface area contributed by atoms with Crippen LogP contribution in [-0.2, 0) is 16.6 Å². The van der Waals surface area contributed by atoms with Crippen LogP contribution in [0.15, 0.2) is 53.4 Å². The molecule has 1 heterocycles. The smallest absolute Gasteiger partial charge is 0.422 e. The zero-order chi connectivity index (χ0) is 21.8. The van der Waals surface area contributed by atoms with Crippen LogP contribution in [0.4, 0.5) is 13.2 Å². The van der Waals surface area contributed by atoms with Crippen molar-refractivity contribution in [2.24, 2.45) is 0 Å². The Morgan fingerprint density at radius 1 is 0.900 bits per heavy atom. The highest BCUT2D eigenvalue weighted by molar-refractivity contribution is 7.89. The van der Waals surface area contributed by atoms with Gasteiger partial charge in [0.1, 0.15) is 11.5 Å². The van der Waals surface area contributed by atoms with Gasteiger partial charge in [0.2, 0.25) is 10.0 Å². The van der Waals surface area contributed by atoms with Crippen molar-refractivity contribution in [2.75, 3.05) is 39.9 Å². The number of sulfonamides is 1. The molecule has 0 radical (unpaired) electrons. The van der Waals surface area contributed by atoms with Crippen molar-refractivity contribution in [1.82, 2.24) is 9.21 Å². The van der Waals surface area contributed by atoms with E-state index in [2.05, 4.69) is 4.90 Å². The van der Waals surface area contributed by atoms with Crippen molar-refractivity contribution in [2.45, 2.75) is 17.6 Å². The zero-order valence-corrected chi connectivity index (χ0v) is 17.2. The molecule has 0 aromatic heterocycles. The number of benzene rings is 2. The fourth-order valence-corrected chi connectivity index (χ4v) is 4.56. The van der Waals surface area contributed by atoms with E-state index in [4.69, 9.17) is 9.47 Å². The van der Waals surface area contributed by atoms with Crippen LogP contribution in [0.5, 0.6) is 11.5 Å². The van der Waals surface area contributed by atoms with Crippen molar-refractivity contribution < 1.29 is 31.1 Å². The van der Waals surface area contributed by atoms with E-state index in [0.717, 1.165) is 5.56 Å². The number of hydrogen-bond donors (Lipinski definition) is 0. The Labute approximate surface area is 173 Å². The SMILES string of the molecule is COc1ccc(S(=O)(=O)N2CCN(Cc3ccc(OCC(F)(F)F)cc3)CC2)cc1. The average Bonchev–Trinajstić information content (AvgIpc) is 2.73. The summed E-state index contributed by atoms with van der Waals surface area (Å²) in [5, 5.41) is 0. The molecule has 0 N–H and O–H groups in total. The van der Waals surface area contributed by atoms with Crippen LogP contribution < -0.4 is 9.47 Å². The summed E-state index contributed by atoms with van der Waals surface area (Å²) in [6.07, 6.45) is -4.37. The molecule has 1 saturated heterocycles. The second kappa shape index (κ2) is 9.23. The molecule has 3 rings (SSSR count). The third kappa shape index (κ3) is 5.87. The maximum Gasteiger partial charge on any atom is 0.422 e. The molecule has 0 amide bonds. The van der Waals surface area contributed by atoms with E-state index in [1.165, 1.54) is 35.7 Å². The first kappa shape index (κ1) is 22.4. The lowest BCUT2D eigenvalue weighted by Crippen LogP contribution is -2.48. The van der Waals surface area contributed by atoms with Gasteiger partial charge in [-0.3, -0.25) is 4.90 Å². The van der Waals surface area contributed by atoms with Crippen molar-refractivity contribution in [1.29, 1.82) is 0 Å². The number of piperazine rings is 1. The first-order valence-corrected chi connectivity index (χ1v) is 10.8. The molecule has 2 aromatic carbocycles. The molecule has 0 atom stereocenters. The van der Waals surface area contributed by atoms with E-state index < -0.39 is 22.8 Å². The standard InChI is InChI=1S/C20H23F3N2O4S/c1-28-17-6-8-19(9-7-17)30(26,27)25-12-10-24(11-13-25)14-16-2-4-18(5-3-16)29-15-20(21,22)23/h2-9H,10-15H2,1H3. The molecule has 0 bridgehead atoms. The highest BCUT2D eigenvalue weighted by Crippen LogP contribution is 2.22. The van der Waals surface area contributed by atoms with Crippen molar-refractivity contribution >= 4 is 10.0 Å². The van der Waals surface area contributed by atoms with Crippen LogP contribution in [0.2, 0.25) is 0 Å². The van der Waals surface area contributed by atoms with E-state index >= 15 is 0 Å². The Bertz CT molecular complexity index is 924. The molecule has 6 nitrogen and oxygen atoms in total. The van der Waals surface area contributed by atoms with Crippen LogP contribution in [0, 0.1) is 0 Å². The topological polar surface area (TPSA) is 59.1 Å². The monoisotopic (exact) mass is 444 g/mol. The van der Waals surface area contributed by atoms with E-state index in [9.17, 15) is 21.6 Å². The van der Waals surface area contributed by atoms with Crippen molar-refractivity contribution in [3.05, 3.63) is 54.1 Å². The number of halogens is 3. The molecule has 0 unspecified atom stereocenters. The predicted octanol–water partition coefficient (Wildman–Crippen LogP) is 3.14. The fraction of sp³-hybridized carbons (Fsp3) is 0.400. The Morgan fingerprint density at radius 2 is 1.47 bits per heavy atom. The maximum atomic E-state index is 12.8. The molecule has 2 aromatic rings. The molecule has 0 spiro atoms. The van der Waals surface area contributed by atoms with Gasteiger partial charge in [-0.05, 0) is 42.0 Å². The summed E-state index contributed by atoms with van der Waals surface area (Å²) >= 11 is 0. The highest BCUT2D eigenvalue weighted by Gasteiger charge is 2.29. The third-order valence-electron chi connectivity index (χ3n) is 4.76. The molecule has 10 heteroatoms. The second-order valence-corrected chi connectivity index (χ2v) is 8.84. The van der Waals surface area contributed by atoms with Gasteiger partial charge in [-0.15, -0.1) is 0 Å². The fourth-order valence-electron chi connectivity index (χ4n) is 3.14. The summed E-state index contributed by atoms with van der Waals surface area (Å²) in [7, 11) is -2.04. The summed E-state index contributed by atoms with van der Waals surface area (Å²) in [6.45, 7) is 1.10. The van der Waals surface area contributed by atoms with Gasteiger partial charge in [0, 0.05) is 32.7 Å². The minimum absolute atomic E-state index is 0.159. The minimum Gasteiger partial charge on any atom is -0.497 e. The van der Waals surface area contributed by atoms with Crippen molar-refractivity contribution in [3.8, 4) is 11.5 Å². The molecule has 1 fully saturated rings. The second-order valence-electron chi connectivity index (χ2n) is 6.90. The van der Waals surface area contributed by atoms with Gasteiger partial charge in [-0.2, -0.15) is 17.5 Å². The Morgan fingerprint density at radius 3 is 2.00 bits per heavy atom. The van der Waals surface area contributed by atoms with Gasteiger partial charge in [0.25, 0.3) is 0 Å². The molecule has 0 aliphatic carbocycles. The number of rotatable bonds is 7. The molecule has 1 aliphatic rings. The Hall–Kier alpha value is -2.30. The lowest BCUT2D eigenvalue weighted by Gasteiger charge is -2.34. The predicted molar refractivity (Wildman–Crippen MR) is 105 cm³/mol. The third-order valence-corrected chi connectivity index (χ3v) is 6.67. The zero-order valence-electron chi connectivity index (χ0n) is 16.4. The first-order chi connectivity index (χ1) is 14.2. The minimum atomic E-state index is -4.37. The number of methoxy groups -OCH3 is 1. The first-order valence-electron chi connectivity index (χ1n) is 9.32. The quantitative estimate of drug-likeness (QED) is 0.657. The molecule has 0 saturated carbocycles. The van der Waals surface area contributed by atoms with Crippen LogP contribution in [-0.4, -0.2) is 63.7 Å². The van der Waals surface area contributed by atoms with Gasteiger partial charge < -0.3 is 9.47 Å². The van der Waals surface area contributed by atoms with Crippen LogP contribution >= 0.6 is 0 Å². The summed E-state index contributed by atoms with van der Waals surface area (Å²) < 4.78 is 73.4. The Kier molecular flexibility index (Phi) is 6.89. The van der Waals surface area contributed by atoms with Crippen LogP contribution in [0.1, 0.15) is 5.56 Å². The molecular weight excluding hydrogens is 421 g/mol. The molecular formula is C20H23F3N2O4S. The van der Waals surface area contributed by atoms with Gasteiger partial charge in [-0.25, -0.2) is 8.42 Å². The van der Waals surface area contributed by atoms with Crippen molar-refractivity contribution in [3.63, 3.8) is 0 Å². The number of nitrogens with zero attached hydrogens (tertiary/aromatic N) is 2. The number of ether oxygens (including phenoxy) is 2. The lowest BCUT2D eigenvalue weighted by atomic mass is 10.2. The summed E-state index contributed by atoms with van der Waals surface area (Å²) in [6, 6.07) is 12.7. The van der Waals surface area contributed by atoms with E-state index in [0.29, 0.717) is 38.5 Å². The Balaban J connectivity index is 1.52. The van der Waals surface area contributed by atoms with E-state index in [1.807, 2.05) is 0 Å². The molecule has 164 valence electrons. The van der Waals surface area contributed by atoms with Gasteiger partial charge >= 0.3 is 6.18 Å². The van der Waals surface area contributed by atoms with E-state index in [1.54, 1.807) is 24.3 Å². The lowest BCUT2D eigenvalue weighted by molar-refractivity contribution is -0.153. The highest BCUT2D eigenvalue weighted by atomic mass is 32.2. The van der Waals surface area contributed by atoms with Gasteiger partial charge in [0.15, 0.2) is 6.61 Å². The summed E-state index contributed by atoms with van der Waals surface area (Å²) in [5.74, 6) is 0.750. The maximum absolute atomic E-state index is 12.8. The number of alkyl halides is 3. The van der Waals surface area contributed by atoms with Gasteiger partial charge in [-0.1, -0.05) is 12.1 Å². The largest absolute Gasteiger partial charge is 0.497 e. The summed E-state index contributed by atoms with van der Waals surface area (Å²) in [4.78, 5) is 2.33. The number of hydrogen-bond acceptors (Lipinski definition) is 5. The molecule has 30 heavy (non-hydrogen) atoms. The van der Waals surface area contributed by atoms with Gasteiger partial charge in [0.05, 0.1) is 12.0 Å². The average molecular weight is 444 g/mol.